The minimum atomic E-state index is -0.363. The first-order valence-corrected chi connectivity index (χ1v) is 5.98. The Balaban J connectivity index is 2.95. The van der Waals surface area contributed by atoms with Crippen LogP contribution in [0.1, 0.15) is 11.1 Å². The summed E-state index contributed by atoms with van der Waals surface area (Å²) in [5, 5.41) is 13.4. The summed E-state index contributed by atoms with van der Waals surface area (Å²) >= 11 is 0. The van der Waals surface area contributed by atoms with Crippen molar-refractivity contribution >= 4 is 0 Å². The van der Waals surface area contributed by atoms with E-state index < -0.39 is 0 Å². The van der Waals surface area contributed by atoms with E-state index in [9.17, 15) is 10.1 Å². The minimum absolute atomic E-state index is 0.198. The lowest BCUT2D eigenvalue weighted by Gasteiger charge is -1.98. The molecule has 1 rings (SSSR count). The highest BCUT2D eigenvalue weighted by Gasteiger charge is 2.00. The van der Waals surface area contributed by atoms with Crippen molar-refractivity contribution in [2.75, 3.05) is 7.05 Å². The van der Waals surface area contributed by atoms with Crippen LogP contribution in [-0.2, 0) is 6.54 Å². The van der Waals surface area contributed by atoms with Crippen molar-refractivity contribution in [2.45, 2.75) is 6.54 Å². The Morgan fingerprint density at radius 1 is 1.55 bits per heavy atom. The van der Waals surface area contributed by atoms with E-state index in [1.54, 1.807) is 37.4 Å². The van der Waals surface area contributed by atoms with Gasteiger partial charge in [0.2, 0.25) is 6.54 Å². The quantitative estimate of drug-likeness (QED) is 0.386. The number of likely N-dealkylation sites (N-methyl/N-ethyl adjacent to an activating group) is 1. The summed E-state index contributed by atoms with van der Waals surface area (Å²) in [7, 11) is 1.77. The highest BCUT2D eigenvalue weighted by molar-refractivity contribution is 5.47. The third-order valence-corrected chi connectivity index (χ3v) is 2.46. The van der Waals surface area contributed by atoms with Gasteiger partial charge in [-0.15, -0.1) is 0 Å². The Morgan fingerprint density at radius 2 is 2.30 bits per heavy atom. The molecular formula is C16H16N2O2. The summed E-state index contributed by atoms with van der Waals surface area (Å²) in [6, 6.07) is 6.99. The summed E-state index contributed by atoms with van der Waals surface area (Å²) < 4.78 is 0. The van der Waals surface area contributed by atoms with Gasteiger partial charge in [-0.25, -0.2) is 0 Å². The number of nitrogens with zero attached hydrogens (tertiary/aromatic N) is 1. The van der Waals surface area contributed by atoms with Gasteiger partial charge in [0.15, 0.2) is 0 Å². The highest BCUT2D eigenvalue weighted by atomic mass is 16.6. The van der Waals surface area contributed by atoms with Crippen molar-refractivity contribution in [1.82, 2.24) is 5.32 Å². The number of allylic oxidation sites excluding steroid dienone is 3. The van der Waals surface area contributed by atoms with Crippen LogP contribution >= 0.6 is 0 Å². The molecule has 0 fully saturated rings. The molecule has 0 spiro atoms. The Kier molecular flexibility index (Phi) is 5.79. The number of benzene rings is 1. The molecule has 4 heteroatoms. The van der Waals surface area contributed by atoms with E-state index in [0.29, 0.717) is 5.56 Å². The molecule has 1 aromatic carbocycles. The average molecular weight is 268 g/mol. The molecule has 0 heterocycles. The molecule has 0 aromatic heterocycles. The van der Waals surface area contributed by atoms with Gasteiger partial charge in [-0.1, -0.05) is 43.2 Å². The van der Waals surface area contributed by atoms with Crippen LogP contribution < -0.4 is 5.32 Å². The van der Waals surface area contributed by atoms with E-state index in [1.165, 1.54) is 0 Å². The first kappa shape index (κ1) is 15.3. The zero-order valence-electron chi connectivity index (χ0n) is 11.3. The molecule has 1 aromatic rings. The van der Waals surface area contributed by atoms with E-state index in [1.807, 2.05) is 6.07 Å². The van der Waals surface area contributed by atoms with E-state index in [-0.39, 0.29) is 11.5 Å². The molecule has 0 aliphatic rings. The fourth-order valence-corrected chi connectivity index (χ4v) is 1.45. The summed E-state index contributed by atoms with van der Waals surface area (Å²) in [5.74, 6) is 5.91. The number of hydrogen-bond donors (Lipinski definition) is 1. The van der Waals surface area contributed by atoms with Crippen LogP contribution in [0.25, 0.3) is 0 Å². The van der Waals surface area contributed by atoms with Crippen molar-refractivity contribution in [1.29, 1.82) is 0 Å². The molecule has 0 saturated carbocycles. The van der Waals surface area contributed by atoms with Crippen molar-refractivity contribution < 1.29 is 4.92 Å². The normalized spacial score (nSPS) is 10.2. The molecule has 0 bridgehead atoms. The lowest BCUT2D eigenvalue weighted by molar-refractivity contribution is -0.496. The van der Waals surface area contributed by atoms with Gasteiger partial charge in [-0.05, 0) is 18.2 Å². The number of rotatable bonds is 5. The minimum Gasteiger partial charge on any atom is -0.389 e. The van der Waals surface area contributed by atoms with Crippen LogP contribution in [0, 0.1) is 22.0 Å². The van der Waals surface area contributed by atoms with Gasteiger partial charge < -0.3 is 5.32 Å². The summed E-state index contributed by atoms with van der Waals surface area (Å²) in [4.78, 5) is 10.1. The number of nitrogens with one attached hydrogen (secondary N) is 1. The van der Waals surface area contributed by atoms with Crippen LogP contribution in [0.5, 0.6) is 0 Å². The van der Waals surface area contributed by atoms with Crippen molar-refractivity contribution in [3.8, 4) is 11.8 Å². The van der Waals surface area contributed by atoms with Gasteiger partial charge in [0.05, 0.1) is 0 Å². The molecule has 1 N–H and O–H groups in total. The fourth-order valence-electron chi connectivity index (χ4n) is 1.45. The van der Waals surface area contributed by atoms with Crippen LogP contribution in [0.15, 0.2) is 60.8 Å². The third kappa shape index (κ3) is 5.23. The van der Waals surface area contributed by atoms with Crippen LogP contribution in [-0.4, -0.2) is 12.0 Å². The van der Waals surface area contributed by atoms with E-state index in [2.05, 4.69) is 30.3 Å². The van der Waals surface area contributed by atoms with Gasteiger partial charge in [0, 0.05) is 34.4 Å². The van der Waals surface area contributed by atoms with E-state index in [0.717, 1.165) is 16.8 Å². The Morgan fingerprint density at radius 3 is 2.90 bits per heavy atom. The van der Waals surface area contributed by atoms with E-state index >= 15 is 0 Å². The lowest BCUT2D eigenvalue weighted by Crippen LogP contribution is -2.01. The third-order valence-electron chi connectivity index (χ3n) is 2.46. The largest absolute Gasteiger partial charge is 0.389 e. The Bertz CT molecular complexity index is 619. The first-order valence-electron chi connectivity index (χ1n) is 5.98. The molecular weight excluding hydrogens is 252 g/mol. The molecule has 0 atom stereocenters. The first-order chi connectivity index (χ1) is 9.55. The molecule has 0 aliphatic heterocycles. The molecule has 0 radical (unpaired) electrons. The van der Waals surface area contributed by atoms with Crippen molar-refractivity contribution in [3.05, 3.63) is 82.1 Å². The topological polar surface area (TPSA) is 55.2 Å². The molecule has 20 heavy (non-hydrogen) atoms. The molecule has 0 saturated heterocycles. The van der Waals surface area contributed by atoms with Crippen molar-refractivity contribution in [2.24, 2.45) is 0 Å². The van der Waals surface area contributed by atoms with Gasteiger partial charge in [0.1, 0.15) is 0 Å². The van der Waals surface area contributed by atoms with Crippen LogP contribution in [0.4, 0.5) is 0 Å². The summed E-state index contributed by atoms with van der Waals surface area (Å²) in [5.41, 5.74) is 2.82. The second kappa shape index (κ2) is 7.59. The highest BCUT2D eigenvalue weighted by Crippen LogP contribution is 2.06. The van der Waals surface area contributed by atoms with Gasteiger partial charge in [0.25, 0.3) is 0 Å². The number of nitro groups is 1. The molecule has 4 nitrogen and oxygen atoms in total. The Hall–Kier alpha value is -2.80. The lowest BCUT2D eigenvalue weighted by atomic mass is 10.1. The monoisotopic (exact) mass is 268 g/mol. The summed E-state index contributed by atoms with van der Waals surface area (Å²) in [6.07, 6.45) is 3.41. The van der Waals surface area contributed by atoms with Gasteiger partial charge in [-0.2, -0.15) is 0 Å². The predicted octanol–water partition coefficient (Wildman–Crippen LogP) is 2.66. The smallest absolute Gasteiger partial charge is 0.228 e. The molecule has 0 aliphatic carbocycles. The number of hydrogen-bond acceptors (Lipinski definition) is 3. The maximum atomic E-state index is 10.5. The maximum Gasteiger partial charge on any atom is 0.228 e. The SMILES string of the molecule is C=CC(C#Cc1cccc(C[N+](=O)[O-])c1)=CC(=C)NC. The summed E-state index contributed by atoms with van der Waals surface area (Å²) in [6.45, 7) is 7.28. The second-order valence-electron chi connectivity index (χ2n) is 4.02. The van der Waals surface area contributed by atoms with Crippen LogP contribution in [0.3, 0.4) is 0 Å². The van der Waals surface area contributed by atoms with Crippen molar-refractivity contribution in [3.63, 3.8) is 0 Å². The predicted molar refractivity (Wildman–Crippen MR) is 80.5 cm³/mol. The second-order valence-corrected chi connectivity index (χ2v) is 4.02. The van der Waals surface area contributed by atoms with Gasteiger partial charge >= 0.3 is 0 Å². The standard InChI is InChI=1S/C16H16N2O2/c1-4-14(10-13(2)17-3)8-9-15-6-5-7-16(11-15)12-18(19)20/h4-7,10-11,17H,1-2,12H2,3H3. The average Bonchev–Trinajstić information content (AvgIpc) is 2.42. The fraction of sp³-hybridized carbons (Fsp3) is 0.125. The van der Waals surface area contributed by atoms with Gasteiger partial charge in [-0.3, -0.25) is 10.1 Å². The molecule has 0 amide bonds. The molecule has 0 unspecified atom stereocenters. The van der Waals surface area contributed by atoms with E-state index in [4.69, 9.17) is 0 Å². The molecule has 102 valence electrons. The Labute approximate surface area is 118 Å². The maximum absolute atomic E-state index is 10.5. The van der Waals surface area contributed by atoms with Crippen LogP contribution in [0.2, 0.25) is 0 Å². The zero-order chi connectivity index (χ0) is 15.0. The zero-order valence-corrected chi connectivity index (χ0v) is 11.3.